The Balaban J connectivity index is 2.00. The molecule has 0 heterocycles. The van der Waals surface area contributed by atoms with Crippen LogP contribution in [0.15, 0.2) is 42.0 Å². The van der Waals surface area contributed by atoms with E-state index in [0.29, 0.717) is 5.75 Å². The van der Waals surface area contributed by atoms with Gasteiger partial charge in [0.15, 0.2) is 0 Å². The van der Waals surface area contributed by atoms with Gasteiger partial charge in [0, 0.05) is 5.57 Å². The van der Waals surface area contributed by atoms with Crippen molar-refractivity contribution in [3.8, 4) is 5.75 Å². The molecule has 2 heteroatoms. The van der Waals surface area contributed by atoms with Gasteiger partial charge in [0.1, 0.15) is 5.75 Å². The van der Waals surface area contributed by atoms with Gasteiger partial charge in [-0.05, 0) is 37.8 Å². The van der Waals surface area contributed by atoms with Crippen LogP contribution in [0.4, 0.5) is 0 Å². The van der Waals surface area contributed by atoms with Crippen molar-refractivity contribution in [2.75, 3.05) is 0 Å². The Morgan fingerprint density at radius 3 is 2.60 bits per heavy atom. The minimum absolute atomic E-state index is 0.194. The topological polar surface area (TPSA) is 26.3 Å². The summed E-state index contributed by atoms with van der Waals surface area (Å²) < 4.78 is 5.25. The van der Waals surface area contributed by atoms with Crippen LogP contribution in [0.5, 0.6) is 5.75 Å². The first-order valence-electron chi connectivity index (χ1n) is 5.32. The van der Waals surface area contributed by atoms with Crippen LogP contribution < -0.4 is 4.74 Å². The lowest BCUT2D eigenvalue weighted by Crippen LogP contribution is -2.12. The predicted octanol–water partition coefficient (Wildman–Crippen LogP) is 3.09. The highest BCUT2D eigenvalue weighted by Crippen LogP contribution is 2.19. The van der Waals surface area contributed by atoms with Crippen molar-refractivity contribution in [1.29, 1.82) is 0 Å². The molecule has 0 aromatic heterocycles. The monoisotopic (exact) mass is 202 g/mol. The van der Waals surface area contributed by atoms with Gasteiger partial charge in [-0.2, -0.15) is 0 Å². The summed E-state index contributed by atoms with van der Waals surface area (Å²) in [6, 6.07) is 9.20. The lowest BCUT2D eigenvalue weighted by molar-refractivity contribution is -0.130. The lowest BCUT2D eigenvalue weighted by atomic mass is 10.00. The highest BCUT2D eigenvalue weighted by atomic mass is 16.5. The van der Waals surface area contributed by atoms with Crippen LogP contribution in [-0.2, 0) is 4.79 Å². The smallest absolute Gasteiger partial charge is 0.339 e. The molecule has 2 nitrogen and oxygen atoms in total. The number of hydrogen-bond donors (Lipinski definition) is 0. The molecule has 0 aliphatic heterocycles. The molecule has 2 rings (SSSR count). The molecule has 1 aromatic carbocycles. The number of ether oxygens (including phenoxy) is 1. The zero-order valence-corrected chi connectivity index (χ0v) is 8.61. The Morgan fingerprint density at radius 2 is 1.93 bits per heavy atom. The van der Waals surface area contributed by atoms with Crippen LogP contribution in [0.25, 0.3) is 0 Å². The molecule has 1 aromatic rings. The molecule has 0 spiro atoms. The zero-order valence-electron chi connectivity index (χ0n) is 8.61. The third kappa shape index (κ3) is 2.69. The molecule has 78 valence electrons. The summed E-state index contributed by atoms with van der Waals surface area (Å²) in [6.45, 7) is 0. The molecule has 0 atom stereocenters. The van der Waals surface area contributed by atoms with Gasteiger partial charge in [-0.25, -0.2) is 4.79 Å². The van der Waals surface area contributed by atoms with E-state index in [1.165, 1.54) is 6.42 Å². The summed E-state index contributed by atoms with van der Waals surface area (Å²) in [5.74, 6) is 0.426. The van der Waals surface area contributed by atoms with Crippen LogP contribution >= 0.6 is 0 Å². The molecule has 0 amide bonds. The van der Waals surface area contributed by atoms with Crippen LogP contribution in [0.3, 0.4) is 0 Å². The van der Waals surface area contributed by atoms with Crippen molar-refractivity contribution in [1.82, 2.24) is 0 Å². The standard InChI is InChI=1S/C13H14O2/c14-13(11-7-3-1-4-8-11)15-12-9-5-2-6-10-12/h2,5-7,9-10H,1,3-4,8H2. The fourth-order valence-electron chi connectivity index (χ4n) is 1.68. The minimum atomic E-state index is -0.194. The average molecular weight is 202 g/mol. The van der Waals surface area contributed by atoms with Crippen molar-refractivity contribution >= 4 is 5.97 Å². The van der Waals surface area contributed by atoms with E-state index in [1.807, 2.05) is 24.3 Å². The number of carbonyl (C=O) groups excluding carboxylic acids is 1. The summed E-state index contributed by atoms with van der Waals surface area (Å²) in [6.07, 6.45) is 6.12. The molecule has 0 saturated carbocycles. The maximum Gasteiger partial charge on any atom is 0.339 e. The molecule has 0 fully saturated rings. The second kappa shape index (κ2) is 4.78. The maximum atomic E-state index is 11.7. The molecule has 0 unspecified atom stereocenters. The maximum absolute atomic E-state index is 11.7. The second-order valence-electron chi connectivity index (χ2n) is 3.68. The van der Waals surface area contributed by atoms with Crippen molar-refractivity contribution in [3.63, 3.8) is 0 Å². The van der Waals surface area contributed by atoms with Gasteiger partial charge in [-0.1, -0.05) is 24.3 Å². The van der Waals surface area contributed by atoms with Crippen LogP contribution in [-0.4, -0.2) is 5.97 Å². The van der Waals surface area contributed by atoms with E-state index in [4.69, 9.17) is 4.74 Å². The van der Waals surface area contributed by atoms with Gasteiger partial charge >= 0.3 is 5.97 Å². The van der Waals surface area contributed by atoms with Crippen molar-refractivity contribution in [2.24, 2.45) is 0 Å². The number of para-hydroxylation sites is 1. The molecule has 1 aliphatic rings. The SMILES string of the molecule is O=C(Oc1ccccc1)C1=CCCCC1. The Kier molecular flexibility index (Phi) is 3.18. The number of carbonyl (C=O) groups is 1. The van der Waals surface area contributed by atoms with E-state index in [9.17, 15) is 4.79 Å². The molecule has 0 bridgehead atoms. The van der Waals surface area contributed by atoms with E-state index in [0.717, 1.165) is 24.8 Å². The van der Waals surface area contributed by atoms with E-state index in [1.54, 1.807) is 12.1 Å². The van der Waals surface area contributed by atoms with Crippen LogP contribution in [0.1, 0.15) is 25.7 Å². The van der Waals surface area contributed by atoms with Gasteiger partial charge in [-0.3, -0.25) is 0 Å². The number of allylic oxidation sites excluding steroid dienone is 1. The van der Waals surface area contributed by atoms with Gasteiger partial charge < -0.3 is 4.74 Å². The molecule has 1 aliphatic carbocycles. The fourth-order valence-corrected chi connectivity index (χ4v) is 1.68. The summed E-state index contributed by atoms with van der Waals surface area (Å²) in [7, 11) is 0. The highest BCUT2D eigenvalue weighted by molar-refractivity contribution is 5.90. The average Bonchev–Trinajstić information content (AvgIpc) is 2.31. The van der Waals surface area contributed by atoms with Gasteiger partial charge in [0.05, 0.1) is 0 Å². The molecule has 0 radical (unpaired) electrons. The molecule has 0 saturated heterocycles. The van der Waals surface area contributed by atoms with Gasteiger partial charge in [0.2, 0.25) is 0 Å². The number of hydrogen-bond acceptors (Lipinski definition) is 2. The zero-order chi connectivity index (χ0) is 10.5. The van der Waals surface area contributed by atoms with E-state index >= 15 is 0 Å². The summed E-state index contributed by atoms with van der Waals surface area (Å²) in [5, 5.41) is 0. The summed E-state index contributed by atoms with van der Waals surface area (Å²) in [5.41, 5.74) is 0.824. The third-order valence-electron chi connectivity index (χ3n) is 2.51. The van der Waals surface area contributed by atoms with Crippen molar-refractivity contribution in [3.05, 3.63) is 42.0 Å². The quantitative estimate of drug-likeness (QED) is 0.544. The largest absolute Gasteiger partial charge is 0.423 e. The summed E-state index contributed by atoms with van der Waals surface area (Å²) in [4.78, 5) is 11.7. The van der Waals surface area contributed by atoms with E-state index in [-0.39, 0.29) is 5.97 Å². The normalized spacial score (nSPS) is 15.6. The molecule has 15 heavy (non-hydrogen) atoms. The number of esters is 1. The van der Waals surface area contributed by atoms with Gasteiger partial charge in [-0.15, -0.1) is 0 Å². The highest BCUT2D eigenvalue weighted by Gasteiger charge is 2.13. The minimum Gasteiger partial charge on any atom is -0.423 e. The molecular weight excluding hydrogens is 188 g/mol. The Bertz CT molecular complexity index is 365. The predicted molar refractivity (Wildman–Crippen MR) is 58.6 cm³/mol. The Morgan fingerprint density at radius 1 is 1.13 bits per heavy atom. The van der Waals surface area contributed by atoms with E-state index in [2.05, 4.69) is 0 Å². The van der Waals surface area contributed by atoms with Crippen molar-refractivity contribution < 1.29 is 9.53 Å². The van der Waals surface area contributed by atoms with Gasteiger partial charge in [0.25, 0.3) is 0 Å². The van der Waals surface area contributed by atoms with Crippen LogP contribution in [0.2, 0.25) is 0 Å². The first kappa shape index (κ1) is 9.97. The molecule has 0 N–H and O–H groups in total. The second-order valence-corrected chi connectivity index (χ2v) is 3.68. The number of rotatable bonds is 2. The number of benzene rings is 1. The fraction of sp³-hybridized carbons (Fsp3) is 0.308. The summed E-state index contributed by atoms with van der Waals surface area (Å²) >= 11 is 0. The van der Waals surface area contributed by atoms with Crippen LogP contribution in [0, 0.1) is 0 Å². The molecular formula is C13H14O2. The van der Waals surface area contributed by atoms with E-state index < -0.39 is 0 Å². The lowest BCUT2D eigenvalue weighted by Gasteiger charge is -2.11. The van der Waals surface area contributed by atoms with Crippen molar-refractivity contribution in [2.45, 2.75) is 25.7 Å². The third-order valence-corrected chi connectivity index (χ3v) is 2.51. The first-order chi connectivity index (χ1) is 7.36. The Hall–Kier alpha value is -1.57. The first-order valence-corrected chi connectivity index (χ1v) is 5.32. The Labute approximate surface area is 89.6 Å².